The predicted octanol–water partition coefficient (Wildman–Crippen LogP) is 2.88. The van der Waals surface area contributed by atoms with Gasteiger partial charge in [0.2, 0.25) is 0 Å². The van der Waals surface area contributed by atoms with Crippen LogP contribution < -0.4 is 5.73 Å². The number of fused-ring (bicyclic) bond motifs is 1. The van der Waals surface area contributed by atoms with Crippen molar-refractivity contribution in [2.45, 2.75) is 39.0 Å². The van der Waals surface area contributed by atoms with E-state index in [0.29, 0.717) is 18.6 Å². The summed E-state index contributed by atoms with van der Waals surface area (Å²) in [5.41, 5.74) is 7.43. The van der Waals surface area contributed by atoms with Crippen molar-refractivity contribution in [3.8, 4) is 0 Å². The first-order valence-corrected chi connectivity index (χ1v) is 8.55. The zero-order valence-corrected chi connectivity index (χ0v) is 14.0. The average Bonchev–Trinajstić information content (AvgIpc) is 2.83. The van der Waals surface area contributed by atoms with E-state index in [0.717, 1.165) is 19.6 Å². The normalized spacial score (nSPS) is 24.8. The van der Waals surface area contributed by atoms with Crippen LogP contribution in [-0.2, 0) is 13.1 Å². The molecule has 21 heavy (non-hydrogen) atoms. The molecule has 3 nitrogen and oxygen atoms in total. The summed E-state index contributed by atoms with van der Waals surface area (Å²) >= 11 is 1.85. The molecule has 2 heterocycles. The number of hydrogen-bond acceptors (Lipinski definition) is 4. The lowest BCUT2D eigenvalue weighted by atomic mass is 10.1. The van der Waals surface area contributed by atoms with Crippen LogP contribution >= 0.6 is 11.3 Å². The molecule has 4 heteroatoms. The second kappa shape index (κ2) is 6.05. The van der Waals surface area contributed by atoms with Gasteiger partial charge in [-0.05, 0) is 37.9 Å². The first kappa shape index (κ1) is 15.0. The second-order valence-corrected chi connectivity index (χ2v) is 7.40. The first-order valence-electron chi connectivity index (χ1n) is 7.73. The highest BCUT2D eigenvalue weighted by Gasteiger charge is 2.27. The van der Waals surface area contributed by atoms with Gasteiger partial charge < -0.3 is 5.73 Å². The smallest absolute Gasteiger partial charge is 0.0349 e. The van der Waals surface area contributed by atoms with Gasteiger partial charge in [0.05, 0.1) is 0 Å². The quantitative estimate of drug-likeness (QED) is 0.946. The van der Waals surface area contributed by atoms with Gasteiger partial charge in [0.25, 0.3) is 0 Å². The number of hydrogen-bond donors (Lipinski definition) is 1. The number of thiophene rings is 1. The molecule has 2 aromatic rings. The SMILES string of the molecule is CC1CN(Cc2c(CN)sc3ccccc23)CC(C)N1C. The Kier molecular flexibility index (Phi) is 4.31. The van der Waals surface area contributed by atoms with Crippen molar-refractivity contribution < 1.29 is 0 Å². The molecular weight excluding hydrogens is 278 g/mol. The average molecular weight is 303 g/mol. The fourth-order valence-electron chi connectivity index (χ4n) is 3.35. The fourth-order valence-corrected chi connectivity index (χ4v) is 4.45. The van der Waals surface area contributed by atoms with Gasteiger partial charge in [-0.25, -0.2) is 0 Å². The van der Waals surface area contributed by atoms with Crippen LogP contribution in [0, 0.1) is 0 Å². The summed E-state index contributed by atoms with van der Waals surface area (Å²) in [5, 5.41) is 1.39. The highest BCUT2D eigenvalue weighted by molar-refractivity contribution is 7.19. The molecular formula is C17H25N3S. The molecule has 3 rings (SSSR count). The molecule has 2 atom stereocenters. The van der Waals surface area contributed by atoms with Gasteiger partial charge in [-0.2, -0.15) is 0 Å². The molecule has 1 aromatic heterocycles. The maximum absolute atomic E-state index is 5.98. The Morgan fingerprint density at radius 1 is 1.19 bits per heavy atom. The highest BCUT2D eigenvalue weighted by Crippen LogP contribution is 2.32. The second-order valence-electron chi connectivity index (χ2n) is 6.26. The van der Waals surface area contributed by atoms with Crippen molar-refractivity contribution in [3.63, 3.8) is 0 Å². The summed E-state index contributed by atoms with van der Waals surface area (Å²) < 4.78 is 1.36. The molecule has 1 aliphatic heterocycles. The Bertz CT molecular complexity index is 610. The van der Waals surface area contributed by atoms with E-state index in [1.165, 1.54) is 20.5 Å². The molecule has 0 bridgehead atoms. The molecule has 1 aromatic carbocycles. The Morgan fingerprint density at radius 3 is 2.52 bits per heavy atom. The Balaban J connectivity index is 1.87. The van der Waals surface area contributed by atoms with E-state index in [1.54, 1.807) is 0 Å². The zero-order chi connectivity index (χ0) is 15.0. The lowest BCUT2D eigenvalue weighted by Crippen LogP contribution is -2.54. The molecule has 1 fully saturated rings. The first-order chi connectivity index (χ1) is 10.1. The van der Waals surface area contributed by atoms with E-state index < -0.39 is 0 Å². The van der Waals surface area contributed by atoms with Crippen molar-refractivity contribution in [1.82, 2.24) is 9.80 Å². The van der Waals surface area contributed by atoms with Crippen molar-refractivity contribution >= 4 is 21.4 Å². The molecule has 0 amide bonds. The minimum Gasteiger partial charge on any atom is -0.326 e. The largest absolute Gasteiger partial charge is 0.326 e. The number of nitrogens with two attached hydrogens (primary N) is 1. The van der Waals surface area contributed by atoms with Crippen molar-refractivity contribution in [1.29, 1.82) is 0 Å². The van der Waals surface area contributed by atoms with Gasteiger partial charge >= 0.3 is 0 Å². The van der Waals surface area contributed by atoms with Gasteiger partial charge in [-0.3, -0.25) is 9.80 Å². The number of rotatable bonds is 3. The van der Waals surface area contributed by atoms with E-state index in [1.807, 2.05) is 11.3 Å². The molecule has 1 saturated heterocycles. The Morgan fingerprint density at radius 2 is 1.86 bits per heavy atom. The summed E-state index contributed by atoms with van der Waals surface area (Å²) in [6.07, 6.45) is 0. The van der Waals surface area contributed by atoms with Crippen LogP contribution in [0.5, 0.6) is 0 Å². The van der Waals surface area contributed by atoms with Crippen molar-refractivity contribution in [2.24, 2.45) is 5.73 Å². The topological polar surface area (TPSA) is 32.5 Å². The van der Waals surface area contributed by atoms with Crippen LogP contribution in [0.4, 0.5) is 0 Å². The summed E-state index contributed by atoms with van der Waals surface area (Å²) in [7, 11) is 2.23. The number of likely N-dealkylation sites (N-methyl/N-ethyl adjacent to an activating group) is 1. The standard InChI is InChI=1S/C17H25N3S/c1-12-9-20(10-13(2)19(12)3)11-15-14-6-4-5-7-16(14)21-17(15)8-18/h4-7,12-13H,8-11,18H2,1-3H3. The van der Waals surface area contributed by atoms with Gasteiger partial charge in [-0.15, -0.1) is 11.3 Å². The van der Waals surface area contributed by atoms with Gasteiger partial charge in [-0.1, -0.05) is 18.2 Å². The van der Waals surface area contributed by atoms with E-state index in [4.69, 9.17) is 5.73 Å². The summed E-state index contributed by atoms with van der Waals surface area (Å²) in [6.45, 7) is 8.58. The van der Waals surface area contributed by atoms with Gasteiger partial charge in [0, 0.05) is 47.8 Å². The molecule has 2 unspecified atom stereocenters. The summed E-state index contributed by atoms with van der Waals surface area (Å²) in [5.74, 6) is 0. The molecule has 0 radical (unpaired) electrons. The molecule has 0 spiro atoms. The van der Waals surface area contributed by atoms with E-state index in [2.05, 4.69) is 55.0 Å². The predicted molar refractivity (Wildman–Crippen MR) is 91.7 cm³/mol. The highest BCUT2D eigenvalue weighted by atomic mass is 32.1. The third-order valence-corrected chi connectivity index (χ3v) is 6.02. The zero-order valence-electron chi connectivity index (χ0n) is 13.2. The third-order valence-electron chi connectivity index (χ3n) is 4.78. The molecule has 114 valence electrons. The van der Waals surface area contributed by atoms with Gasteiger partial charge in [0.1, 0.15) is 0 Å². The third kappa shape index (κ3) is 2.86. The number of piperazine rings is 1. The molecule has 1 aliphatic rings. The van der Waals surface area contributed by atoms with Crippen molar-refractivity contribution in [3.05, 3.63) is 34.7 Å². The van der Waals surface area contributed by atoms with E-state index in [9.17, 15) is 0 Å². The molecule has 0 saturated carbocycles. The number of benzene rings is 1. The van der Waals surface area contributed by atoms with Crippen LogP contribution in [0.15, 0.2) is 24.3 Å². The lowest BCUT2D eigenvalue weighted by molar-refractivity contribution is 0.0558. The lowest BCUT2D eigenvalue weighted by Gasteiger charge is -2.42. The minimum atomic E-state index is 0.611. The van der Waals surface area contributed by atoms with Crippen LogP contribution in [0.25, 0.3) is 10.1 Å². The van der Waals surface area contributed by atoms with Crippen LogP contribution in [0.3, 0.4) is 0 Å². The number of nitrogens with zero attached hydrogens (tertiary/aromatic N) is 2. The molecule has 0 aliphatic carbocycles. The maximum Gasteiger partial charge on any atom is 0.0349 e. The van der Waals surface area contributed by atoms with Gasteiger partial charge in [0.15, 0.2) is 0 Å². The summed E-state index contributed by atoms with van der Waals surface area (Å²) in [4.78, 5) is 6.41. The summed E-state index contributed by atoms with van der Waals surface area (Å²) in [6, 6.07) is 9.91. The van der Waals surface area contributed by atoms with Crippen molar-refractivity contribution in [2.75, 3.05) is 20.1 Å². The van der Waals surface area contributed by atoms with E-state index >= 15 is 0 Å². The Hall–Kier alpha value is -0.940. The van der Waals surface area contributed by atoms with Crippen LogP contribution in [0.2, 0.25) is 0 Å². The monoisotopic (exact) mass is 303 g/mol. The van der Waals surface area contributed by atoms with E-state index in [-0.39, 0.29) is 0 Å². The minimum absolute atomic E-state index is 0.611. The maximum atomic E-state index is 5.98. The Labute approximate surface area is 131 Å². The van der Waals surface area contributed by atoms with Crippen LogP contribution in [0.1, 0.15) is 24.3 Å². The fraction of sp³-hybridized carbons (Fsp3) is 0.529. The van der Waals surface area contributed by atoms with Crippen LogP contribution in [-0.4, -0.2) is 42.0 Å². The molecule has 2 N–H and O–H groups in total.